The molecule has 0 aromatic heterocycles. The van der Waals surface area contributed by atoms with Gasteiger partial charge in [0, 0.05) is 17.8 Å². The first kappa shape index (κ1) is 12.2. The Morgan fingerprint density at radius 3 is 2.25 bits per heavy atom. The van der Waals surface area contributed by atoms with Crippen LogP contribution in [-0.4, -0.2) is 26.2 Å². The Bertz CT molecular complexity index is 425. The van der Waals surface area contributed by atoms with Crippen LogP contribution in [0.1, 0.15) is 24.2 Å². The molecule has 0 saturated heterocycles. The zero-order valence-electron chi connectivity index (χ0n) is 9.90. The number of aliphatic imine (C=N–C) groups is 1. The van der Waals surface area contributed by atoms with E-state index in [9.17, 15) is 4.79 Å². The predicted octanol–water partition coefficient (Wildman–Crippen LogP) is 2.63. The molecule has 0 saturated carbocycles. The molecule has 0 aliphatic carbocycles. The fraction of sp³-hybridized carbons (Fsp3) is 0.333. The highest BCUT2D eigenvalue weighted by Crippen LogP contribution is 2.34. The van der Waals surface area contributed by atoms with E-state index in [4.69, 9.17) is 9.47 Å². The van der Waals surface area contributed by atoms with Gasteiger partial charge in [-0.25, -0.2) is 0 Å². The zero-order chi connectivity index (χ0) is 12.1. The lowest BCUT2D eigenvalue weighted by Gasteiger charge is -2.10. The van der Waals surface area contributed by atoms with Crippen molar-refractivity contribution in [3.05, 3.63) is 17.7 Å². The zero-order valence-corrected chi connectivity index (χ0v) is 9.90. The van der Waals surface area contributed by atoms with Gasteiger partial charge in [-0.2, -0.15) is 0 Å². The molecule has 0 N–H and O–H groups in total. The Labute approximate surface area is 94.9 Å². The van der Waals surface area contributed by atoms with Crippen LogP contribution in [0.2, 0.25) is 0 Å². The summed E-state index contributed by atoms with van der Waals surface area (Å²) >= 11 is 0. The Balaban J connectivity index is 3.41. The highest BCUT2D eigenvalue weighted by atomic mass is 16.5. The monoisotopic (exact) mass is 221 g/mol. The van der Waals surface area contributed by atoms with Crippen LogP contribution in [0.25, 0.3) is 0 Å². The number of carbonyl (C=O) groups excluding carboxylic acids is 1. The number of hydrogen-bond donors (Lipinski definition) is 0. The van der Waals surface area contributed by atoms with E-state index < -0.39 is 0 Å². The molecule has 86 valence electrons. The Hall–Kier alpha value is -1.84. The minimum absolute atomic E-state index is 0.0541. The minimum Gasteiger partial charge on any atom is -0.493 e. The van der Waals surface area contributed by atoms with E-state index in [1.54, 1.807) is 32.4 Å². The van der Waals surface area contributed by atoms with Gasteiger partial charge in [-0.15, -0.1) is 0 Å². The lowest BCUT2D eigenvalue weighted by atomic mass is 10.1. The summed E-state index contributed by atoms with van der Waals surface area (Å²) in [6.45, 7) is 3.29. The van der Waals surface area contributed by atoms with Gasteiger partial charge in [0.25, 0.3) is 0 Å². The first-order chi connectivity index (χ1) is 7.63. The number of methoxy groups -OCH3 is 2. The summed E-state index contributed by atoms with van der Waals surface area (Å²) in [5.41, 5.74) is 1.11. The first-order valence-corrected chi connectivity index (χ1v) is 4.89. The molecule has 0 unspecified atom stereocenters. The van der Waals surface area contributed by atoms with Crippen molar-refractivity contribution in [2.75, 3.05) is 14.2 Å². The van der Waals surface area contributed by atoms with E-state index in [0.29, 0.717) is 22.7 Å². The van der Waals surface area contributed by atoms with Crippen molar-refractivity contribution in [2.24, 2.45) is 4.99 Å². The van der Waals surface area contributed by atoms with E-state index in [2.05, 4.69) is 4.99 Å². The number of nitrogens with zero attached hydrogens (tertiary/aromatic N) is 1. The largest absolute Gasteiger partial charge is 0.493 e. The topological polar surface area (TPSA) is 47.9 Å². The second-order valence-electron chi connectivity index (χ2n) is 3.17. The SMILES string of the molecule is CC=Nc1cc(OC)c(OC)cc1C(C)=O. The molecule has 1 rings (SSSR count). The van der Waals surface area contributed by atoms with Crippen LogP contribution in [-0.2, 0) is 0 Å². The van der Waals surface area contributed by atoms with Gasteiger partial charge in [-0.3, -0.25) is 9.79 Å². The molecule has 0 atom stereocenters. The van der Waals surface area contributed by atoms with Crippen LogP contribution in [0.15, 0.2) is 17.1 Å². The fourth-order valence-corrected chi connectivity index (χ4v) is 1.40. The van der Waals surface area contributed by atoms with E-state index in [-0.39, 0.29) is 5.78 Å². The Kier molecular flexibility index (Phi) is 4.05. The maximum Gasteiger partial charge on any atom is 0.162 e. The number of ether oxygens (including phenoxy) is 2. The molecule has 16 heavy (non-hydrogen) atoms. The van der Waals surface area contributed by atoms with Crippen LogP contribution < -0.4 is 9.47 Å². The average Bonchev–Trinajstić information content (AvgIpc) is 2.28. The highest BCUT2D eigenvalue weighted by Gasteiger charge is 2.13. The molecule has 0 heterocycles. The molecule has 0 radical (unpaired) electrons. The standard InChI is InChI=1S/C12H15NO3/c1-5-13-10-7-12(16-4)11(15-3)6-9(10)8(2)14/h5-7H,1-4H3. The fourth-order valence-electron chi connectivity index (χ4n) is 1.40. The van der Waals surface area contributed by atoms with Gasteiger partial charge in [-0.05, 0) is 19.9 Å². The molecule has 0 fully saturated rings. The highest BCUT2D eigenvalue weighted by molar-refractivity contribution is 6.00. The average molecular weight is 221 g/mol. The smallest absolute Gasteiger partial charge is 0.162 e. The van der Waals surface area contributed by atoms with Gasteiger partial charge in [0.15, 0.2) is 17.3 Å². The van der Waals surface area contributed by atoms with Gasteiger partial charge >= 0.3 is 0 Å². The molecule has 1 aromatic carbocycles. The number of rotatable bonds is 4. The quantitative estimate of drug-likeness (QED) is 0.580. The number of benzene rings is 1. The summed E-state index contributed by atoms with van der Waals surface area (Å²) < 4.78 is 10.3. The van der Waals surface area contributed by atoms with Gasteiger partial charge in [0.2, 0.25) is 0 Å². The maximum atomic E-state index is 11.4. The molecular weight excluding hydrogens is 206 g/mol. The normalized spacial score (nSPS) is 10.5. The summed E-state index contributed by atoms with van der Waals surface area (Å²) in [5, 5.41) is 0. The van der Waals surface area contributed by atoms with Gasteiger partial charge in [0.05, 0.1) is 19.9 Å². The van der Waals surface area contributed by atoms with Crippen LogP contribution in [0.5, 0.6) is 11.5 Å². The van der Waals surface area contributed by atoms with Gasteiger partial charge < -0.3 is 9.47 Å². The second-order valence-corrected chi connectivity index (χ2v) is 3.17. The molecule has 4 nitrogen and oxygen atoms in total. The lowest BCUT2D eigenvalue weighted by molar-refractivity contribution is 0.101. The molecule has 0 spiro atoms. The number of carbonyl (C=O) groups is 1. The van der Waals surface area contributed by atoms with Crippen molar-refractivity contribution >= 4 is 17.7 Å². The summed E-state index contributed by atoms with van der Waals surface area (Å²) in [6, 6.07) is 3.33. The number of Topliss-reactive ketones (excluding diaryl/α,β-unsaturated/α-hetero) is 1. The number of hydrogen-bond acceptors (Lipinski definition) is 4. The van der Waals surface area contributed by atoms with Crippen LogP contribution in [0, 0.1) is 0 Å². The van der Waals surface area contributed by atoms with Crippen LogP contribution in [0.3, 0.4) is 0 Å². The third-order valence-corrected chi connectivity index (χ3v) is 2.15. The van der Waals surface area contributed by atoms with Crippen LogP contribution in [0.4, 0.5) is 5.69 Å². The molecule has 0 aliphatic rings. The van der Waals surface area contributed by atoms with E-state index in [0.717, 1.165) is 0 Å². The van der Waals surface area contributed by atoms with Crippen molar-refractivity contribution in [3.63, 3.8) is 0 Å². The van der Waals surface area contributed by atoms with Crippen LogP contribution >= 0.6 is 0 Å². The lowest BCUT2D eigenvalue weighted by Crippen LogP contribution is -1.97. The van der Waals surface area contributed by atoms with Crippen molar-refractivity contribution in [1.82, 2.24) is 0 Å². The van der Waals surface area contributed by atoms with E-state index in [1.165, 1.54) is 14.0 Å². The first-order valence-electron chi connectivity index (χ1n) is 4.89. The van der Waals surface area contributed by atoms with E-state index >= 15 is 0 Å². The molecule has 1 aromatic rings. The van der Waals surface area contributed by atoms with Gasteiger partial charge in [-0.1, -0.05) is 0 Å². The summed E-state index contributed by atoms with van der Waals surface area (Å²) in [7, 11) is 3.08. The van der Waals surface area contributed by atoms with Crippen molar-refractivity contribution in [2.45, 2.75) is 13.8 Å². The Morgan fingerprint density at radius 2 is 1.81 bits per heavy atom. The molecular formula is C12H15NO3. The molecule has 0 amide bonds. The summed E-state index contributed by atoms with van der Waals surface area (Å²) in [6.07, 6.45) is 1.63. The summed E-state index contributed by atoms with van der Waals surface area (Å²) in [5.74, 6) is 1.04. The van der Waals surface area contributed by atoms with Gasteiger partial charge in [0.1, 0.15) is 0 Å². The third kappa shape index (κ3) is 2.39. The maximum absolute atomic E-state index is 11.4. The van der Waals surface area contributed by atoms with Crippen molar-refractivity contribution in [1.29, 1.82) is 0 Å². The molecule has 0 bridgehead atoms. The predicted molar refractivity (Wildman–Crippen MR) is 63.4 cm³/mol. The third-order valence-electron chi connectivity index (χ3n) is 2.15. The summed E-state index contributed by atoms with van der Waals surface area (Å²) in [4.78, 5) is 15.6. The number of ketones is 1. The van der Waals surface area contributed by atoms with E-state index in [1.807, 2.05) is 0 Å². The minimum atomic E-state index is -0.0541. The second kappa shape index (κ2) is 5.30. The molecule has 4 heteroatoms. The van der Waals surface area contributed by atoms with Crippen molar-refractivity contribution in [3.8, 4) is 11.5 Å². The molecule has 0 aliphatic heterocycles. The Morgan fingerprint density at radius 1 is 1.25 bits per heavy atom. The van der Waals surface area contributed by atoms with Crippen molar-refractivity contribution < 1.29 is 14.3 Å².